The van der Waals surface area contributed by atoms with Crippen LogP contribution in [0.2, 0.25) is 0 Å². The van der Waals surface area contributed by atoms with Crippen LogP contribution in [0.3, 0.4) is 0 Å². The van der Waals surface area contributed by atoms with Gasteiger partial charge in [0.15, 0.2) is 5.82 Å². The van der Waals surface area contributed by atoms with Crippen molar-refractivity contribution in [3.8, 4) is 78.4 Å². The third kappa shape index (κ3) is 5.87. The van der Waals surface area contributed by atoms with E-state index in [-0.39, 0.29) is 5.41 Å². The van der Waals surface area contributed by atoms with Crippen molar-refractivity contribution in [3.63, 3.8) is 0 Å². The molecule has 0 atom stereocenters. The SMILES string of the molecule is CC1(C)c2cc(-c3ccc(-c4nc(-c5ccccc5)cc(-c5ccccc5-c5ccc(-c6ccccc6)cc5)n4)c4ccccc34)ccc2-c2c1ccc1ccccc21. The predicted octanol–water partition coefficient (Wildman–Crippen LogP) is 15.1. The van der Waals surface area contributed by atoms with E-state index < -0.39 is 0 Å². The third-order valence-corrected chi connectivity index (χ3v) is 12.3. The van der Waals surface area contributed by atoms with Crippen molar-refractivity contribution in [2.75, 3.05) is 0 Å². The van der Waals surface area contributed by atoms with Crippen LogP contribution in [-0.2, 0) is 5.41 Å². The molecule has 1 aliphatic rings. The van der Waals surface area contributed by atoms with Gasteiger partial charge in [-0.15, -0.1) is 0 Å². The van der Waals surface area contributed by atoms with Gasteiger partial charge in [0, 0.05) is 22.1 Å². The standard InChI is InChI=1S/C57H40N2/c1-57(2)51-34-30-39-17-9-10-21-45(39)55(51)50-31-29-42(35-52(50)57)44-32-33-49(47-23-13-12-22-46(44)47)56-58-53(41-18-7-4-8-19-41)36-54(59-56)48-24-14-11-20-43(48)40-27-25-38(26-28-40)37-15-5-3-6-16-37/h3-36H,1-2H3. The Morgan fingerprint density at radius 3 is 1.63 bits per heavy atom. The molecule has 0 fully saturated rings. The van der Waals surface area contributed by atoms with Crippen LogP contribution in [0.25, 0.3) is 100.0 Å². The molecule has 0 N–H and O–H groups in total. The van der Waals surface area contributed by atoms with E-state index in [2.05, 4.69) is 214 Å². The predicted molar refractivity (Wildman–Crippen MR) is 247 cm³/mol. The van der Waals surface area contributed by atoms with E-state index in [1.165, 1.54) is 60.7 Å². The Hall–Kier alpha value is -7.42. The first-order valence-electron chi connectivity index (χ1n) is 20.4. The first-order chi connectivity index (χ1) is 29.0. The highest BCUT2D eigenvalue weighted by molar-refractivity contribution is 6.06. The molecule has 0 bridgehead atoms. The zero-order valence-electron chi connectivity index (χ0n) is 33.0. The molecule has 1 heterocycles. The minimum absolute atomic E-state index is 0.122. The first-order valence-corrected chi connectivity index (χ1v) is 20.4. The van der Waals surface area contributed by atoms with Gasteiger partial charge >= 0.3 is 0 Å². The molecule has 9 aromatic carbocycles. The zero-order chi connectivity index (χ0) is 39.5. The van der Waals surface area contributed by atoms with Gasteiger partial charge in [-0.3, -0.25) is 0 Å². The van der Waals surface area contributed by atoms with Gasteiger partial charge in [0.2, 0.25) is 0 Å². The van der Waals surface area contributed by atoms with Crippen LogP contribution in [0.5, 0.6) is 0 Å². The molecule has 2 nitrogen and oxygen atoms in total. The molecule has 0 saturated carbocycles. The van der Waals surface area contributed by atoms with Crippen molar-refractivity contribution >= 4 is 21.5 Å². The third-order valence-electron chi connectivity index (χ3n) is 12.3. The molecule has 0 aliphatic heterocycles. The second kappa shape index (κ2) is 13.9. The van der Waals surface area contributed by atoms with E-state index in [4.69, 9.17) is 9.97 Å². The van der Waals surface area contributed by atoms with Crippen LogP contribution in [0.1, 0.15) is 25.0 Å². The summed E-state index contributed by atoms with van der Waals surface area (Å²) in [5.41, 5.74) is 17.3. The van der Waals surface area contributed by atoms with Crippen LogP contribution in [0.4, 0.5) is 0 Å². The summed E-state index contributed by atoms with van der Waals surface area (Å²) < 4.78 is 0. The Morgan fingerprint density at radius 1 is 0.322 bits per heavy atom. The monoisotopic (exact) mass is 752 g/mol. The van der Waals surface area contributed by atoms with Crippen molar-refractivity contribution < 1.29 is 0 Å². The smallest absolute Gasteiger partial charge is 0.161 e. The molecule has 0 spiro atoms. The molecule has 0 radical (unpaired) electrons. The van der Waals surface area contributed by atoms with Crippen LogP contribution >= 0.6 is 0 Å². The number of hydrogen-bond acceptors (Lipinski definition) is 2. The van der Waals surface area contributed by atoms with E-state index in [0.29, 0.717) is 5.82 Å². The number of aromatic nitrogens is 2. The number of fused-ring (bicyclic) bond motifs is 6. The van der Waals surface area contributed by atoms with Gasteiger partial charge in [0.05, 0.1) is 11.4 Å². The average Bonchev–Trinajstić information content (AvgIpc) is 3.54. The summed E-state index contributed by atoms with van der Waals surface area (Å²) in [5, 5.41) is 4.90. The lowest BCUT2D eigenvalue weighted by atomic mass is 9.81. The lowest BCUT2D eigenvalue weighted by molar-refractivity contribution is 0.661. The fourth-order valence-corrected chi connectivity index (χ4v) is 9.31. The normalized spacial score (nSPS) is 12.7. The Labute approximate surface area is 345 Å². The molecule has 1 aliphatic carbocycles. The molecule has 11 rings (SSSR count). The molecule has 59 heavy (non-hydrogen) atoms. The first kappa shape index (κ1) is 34.8. The van der Waals surface area contributed by atoms with Crippen molar-refractivity contribution in [3.05, 3.63) is 217 Å². The summed E-state index contributed by atoms with van der Waals surface area (Å²) in [5.74, 6) is 0.704. The quantitative estimate of drug-likeness (QED) is 0.169. The van der Waals surface area contributed by atoms with E-state index in [1.807, 2.05) is 6.07 Å². The highest BCUT2D eigenvalue weighted by atomic mass is 14.9. The van der Waals surface area contributed by atoms with Gasteiger partial charge in [-0.25, -0.2) is 9.97 Å². The topological polar surface area (TPSA) is 25.8 Å². The number of hydrogen-bond donors (Lipinski definition) is 0. The highest BCUT2D eigenvalue weighted by Gasteiger charge is 2.36. The number of benzene rings is 9. The van der Waals surface area contributed by atoms with E-state index >= 15 is 0 Å². The maximum atomic E-state index is 5.41. The molecule has 0 unspecified atom stereocenters. The largest absolute Gasteiger partial charge is 0.228 e. The van der Waals surface area contributed by atoms with Crippen LogP contribution in [0.15, 0.2) is 206 Å². The molecule has 278 valence electrons. The zero-order valence-corrected chi connectivity index (χ0v) is 33.0. The lowest BCUT2D eigenvalue weighted by Gasteiger charge is -2.22. The van der Waals surface area contributed by atoms with Gasteiger partial charge < -0.3 is 0 Å². The van der Waals surface area contributed by atoms with Crippen molar-refractivity contribution in [1.82, 2.24) is 9.97 Å². The minimum atomic E-state index is -0.122. The van der Waals surface area contributed by atoms with Crippen LogP contribution in [0, 0.1) is 0 Å². The molecule has 1 aromatic heterocycles. The number of nitrogens with zero attached hydrogens (tertiary/aromatic N) is 2. The van der Waals surface area contributed by atoms with Crippen LogP contribution in [-0.4, -0.2) is 9.97 Å². The molecule has 0 saturated heterocycles. The summed E-state index contributed by atoms with van der Waals surface area (Å²) in [6.45, 7) is 4.73. The van der Waals surface area contributed by atoms with Gasteiger partial charge in [0.25, 0.3) is 0 Å². The fraction of sp³-hybridized carbons (Fsp3) is 0.0526. The Kier molecular flexibility index (Phi) is 8.20. The lowest BCUT2D eigenvalue weighted by Crippen LogP contribution is -2.15. The number of rotatable bonds is 6. The minimum Gasteiger partial charge on any atom is -0.228 e. The maximum absolute atomic E-state index is 5.41. The highest BCUT2D eigenvalue weighted by Crippen LogP contribution is 2.52. The van der Waals surface area contributed by atoms with E-state index in [0.717, 1.165) is 44.6 Å². The maximum Gasteiger partial charge on any atom is 0.161 e. The van der Waals surface area contributed by atoms with Crippen molar-refractivity contribution in [1.29, 1.82) is 0 Å². The second-order valence-corrected chi connectivity index (χ2v) is 16.1. The Bertz CT molecular complexity index is 3220. The summed E-state index contributed by atoms with van der Waals surface area (Å²) in [4.78, 5) is 10.7. The van der Waals surface area contributed by atoms with Gasteiger partial charge in [-0.1, -0.05) is 202 Å². The van der Waals surface area contributed by atoms with E-state index in [9.17, 15) is 0 Å². The summed E-state index contributed by atoms with van der Waals surface area (Å²) in [6.07, 6.45) is 0. The average molecular weight is 753 g/mol. The molecule has 2 heteroatoms. The Morgan fingerprint density at radius 2 is 0.864 bits per heavy atom. The van der Waals surface area contributed by atoms with Crippen molar-refractivity contribution in [2.24, 2.45) is 0 Å². The van der Waals surface area contributed by atoms with Crippen LogP contribution < -0.4 is 0 Å². The summed E-state index contributed by atoms with van der Waals surface area (Å²) in [6, 6.07) is 74.2. The van der Waals surface area contributed by atoms with Gasteiger partial charge in [0.1, 0.15) is 0 Å². The van der Waals surface area contributed by atoms with Crippen molar-refractivity contribution in [2.45, 2.75) is 19.3 Å². The molecular weight excluding hydrogens is 713 g/mol. The fourth-order valence-electron chi connectivity index (χ4n) is 9.31. The van der Waals surface area contributed by atoms with E-state index in [1.54, 1.807) is 0 Å². The van der Waals surface area contributed by atoms with Gasteiger partial charge in [-0.2, -0.15) is 0 Å². The summed E-state index contributed by atoms with van der Waals surface area (Å²) in [7, 11) is 0. The van der Waals surface area contributed by atoms with Gasteiger partial charge in [-0.05, 0) is 95.4 Å². The summed E-state index contributed by atoms with van der Waals surface area (Å²) >= 11 is 0. The molecule has 0 amide bonds. The Balaban J connectivity index is 1.04. The molecule has 10 aromatic rings. The molecular formula is C57H40N2. The second-order valence-electron chi connectivity index (χ2n) is 16.1.